The van der Waals surface area contributed by atoms with E-state index < -0.39 is 0 Å². The average molecular weight is 154 g/mol. The molecule has 0 aromatic rings. The van der Waals surface area contributed by atoms with Gasteiger partial charge in [0.15, 0.2) is 0 Å². The van der Waals surface area contributed by atoms with Gasteiger partial charge in [-0.05, 0) is 19.3 Å². The molecule has 1 aliphatic heterocycles. The molecule has 0 N–H and O–H groups in total. The predicted molar refractivity (Wildman–Crippen MR) is 36.5 cm³/mol. The minimum Gasteiger partial charge on any atom is -0.393 e. The Labute approximate surface area is 64.7 Å². The molecule has 0 spiro atoms. The maximum absolute atomic E-state index is 11.0. The van der Waals surface area contributed by atoms with Crippen molar-refractivity contribution in [1.29, 1.82) is 0 Å². The lowest BCUT2D eigenvalue weighted by atomic mass is 9.80. The van der Waals surface area contributed by atoms with Gasteiger partial charge in [-0.15, -0.1) is 0 Å². The monoisotopic (exact) mass is 154 g/mol. The maximum Gasteiger partial charge on any atom is 0.316 e. The van der Waals surface area contributed by atoms with Crippen LogP contribution >= 0.6 is 0 Å². The molecule has 1 aliphatic carbocycles. The van der Waals surface area contributed by atoms with Crippen LogP contribution in [0.4, 0.5) is 0 Å². The Bertz CT molecular complexity index is 189. The van der Waals surface area contributed by atoms with Gasteiger partial charge in [0.05, 0.1) is 11.8 Å². The molecule has 0 aromatic heterocycles. The zero-order chi connectivity index (χ0) is 7.84. The third kappa shape index (κ3) is 1.04. The van der Waals surface area contributed by atoms with Crippen LogP contribution in [0, 0.1) is 11.8 Å². The lowest BCUT2D eigenvalue weighted by Gasteiger charge is -2.30. The fraction of sp³-hybridized carbons (Fsp3) is 0.750. The number of rotatable bonds is 0. The van der Waals surface area contributed by atoms with Gasteiger partial charge in [-0.3, -0.25) is 9.59 Å². The fourth-order valence-electron chi connectivity index (χ4n) is 1.88. The van der Waals surface area contributed by atoms with E-state index in [4.69, 9.17) is 0 Å². The first kappa shape index (κ1) is 6.83. The smallest absolute Gasteiger partial charge is 0.316 e. The van der Waals surface area contributed by atoms with E-state index in [2.05, 4.69) is 4.74 Å². The summed E-state index contributed by atoms with van der Waals surface area (Å²) in [6.07, 6.45) is 3.54. The molecular formula is C8H10O3. The topological polar surface area (TPSA) is 43.4 Å². The van der Waals surface area contributed by atoms with Crippen LogP contribution in [-0.4, -0.2) is 11.9 Å². The molecular weight excluding hydrogens is 144 g/mol. The second-order valence-electron chi connectivity index (χ2n) is 3.30. The number of fused-ring (bicyclic) bond motifs is 2. The van der Waals surface area contributed by atoms with Crippen LogP contribution in [-0.2, 0) is 14.3 Å². The number of cyclic esters (lactones) is 2. The molecule has 3 heteroatoms. The van der Waals surface area contributed by atoms with Crippen molar-refractivity contribution in [1.82, 2.24) is 0 Å². The van der Waals surface area contributed by atoms with Crippen molar-refractivity contribution < 1.29 is 14.3 Å². The number of hydrogen-bond acceptors (Lipinski definition) is 3. The van der Waals surface area contributed by atoms with E-state index in [0.29, 0.717) is 0 Å². The first-order valence-corrected chi connectivity index (χ1v) is 4.03. The van der Waals surface area contributed by atoms with E-state index in [9.17, 15) is 9.59 Å². The molecule has 0 unspecified atom stereocenters. The van der Waals surface area contributed by atoms with Crippen LogP contribution in [0.5, 0.6) is 0 Å². The van der Waals surface area contributed by atoms with E-state index in [-0.39, 0.29) is 23.8 Å². The Morgan fingerprint density at radius 1 is 1.09 bits per heavy atom. The summed E-state index contributed by atoms with van der Waals surface area (Å²) in [5.74, 6) is -0.560. The third-order valence-corrected chi connectivity index (χ3v) is 2.54. The van der Waals surface area contributed by atoms with Crippen molar-refractivity contribution in [2.24, 2.45) is 11.8 Å². The van der Waals surface area contributed by atoms with Gasteiger partial charge in [0, 0.05) is 0 Å². The molecule has 2 bridgehead atoms. The molecule has 2 rings (SSSR count). The molecule has 1 saturated carbocycles. The third-order valence-electron chi connectivity index (χ3n) is 2.54. The SMILES string of the molecule is O=C1OC(=O)[C@H]2CCC[C@@H]1C2. The van der Waals surface area contributed by atoms with E-state index in [1.165, 1.54) is 0 Å². The minimum atomic E-state index is -0.300. The van der Waals surface area contributed by atoms with Crippen LogP contribution < -0.4 is 0 Å². The molecule has 2 aliphatic rings. The van der Waals surface area contributed by atoms with Gasteiger partial charge in [0.2, 0.25) is 0 Å². The predicted octanol–water partition coefficient (Wildman–Crippen LogP) is 0.876. The van der Waals surface area contributed by atoms with Gasteiger partial charge in [-0.2, -0.15) is 0 Å². The number of carbonyl (C=O) groups excluding carboxylic acids is 2. The molecule has 60 valence electrons. The van der Waals surface area contributed by atoms with Gasteiger partial charge in [-0.25, -0.2) is 0 Å². The van der Waals surface area contributed by atoms with Crippen LogP contribution in [0.3, 0.4) is 0 Å². The van der Waals surface area contributed by atoms with Crippen molar-refractivity contribution in [2.75, 3.05) is 0 Å². The number of ether oxygens (including phenoxy) is 1. The summed E-state index contributed by atoms with van der Waals surface area (Å²) in [6.45, 7) is 0. The molecule has 1 saturated heterocycles. The Morgan fingerprint density at radius 2 is 1.64 bits per heavy atom. The largest absolute Gasteiger partial charge is 0.393 e. The van der Waals surface area contributed by atoms with Crippen LogP contribution in [0.1, 0.15) is 25.7 Å². The summed E-state index contributed by atoms with van der Waals surface area (Å²) in [5.41, 5.74) is 0. The molecule has 0 aromatic carbocycles. The van der Waals surface area contributed by atoms with E-state index in [0.717, 1.165) is 25.7 Å². The lowest BCUT2D eigenvalue weighted by Crippen LogP contribution is -2.37. The summed E-state index contributed by atoms with van der Waals surface area (Å²) in [5, 5.41) is 0. The maximum atomic E-state index is 11.0. The van der Waals surface area contributed by atoms with Crippen molar-refractivity contribution in [3.8, 4) is 0 Å². The highest BCUT2D eigenvalue weighted by Crippen LogP contribution is 2.34. The van der Waals surface area contributed by atoms with Gasteiger partial charge < -0.3 is 4.74 Å². The second-order valence-corrected chi connectivity index (χ2v) is 3.30. The quantitative estimate of drug-likeness (QED) is 0.384. The first-order valence-electron chi connectivity index (χ1n) is 4.03. The van der Waals surface area contributed by atoms with Crippen molar-refractivity contribution in [3.63, 3.8) is 0 Å². The standard InChI is InChI=1S/C8H10O3/c9-7-5-2-1-3-6(4-5)8(10)11-7/h5-6H,1-4H2/t5-,6+. The normalized spacial score (nSPS) is 36.7. The van der Waals surface area contributed by atoms with Crippen molar-refractivity contribution in [2.45, 2.75) is 25.7 Å². The van der Waals surface area contributed by atoms with E-state index >= 15 is 0 Å². The first-order chi connectivity index (χ1) is 5.27. The van der Waals surface area contributed by atoms with Gasteiger partial charge in [0.1, 0.15) is 0 Å². The highest BCUT2D eigenvalue weighted by atomic mass is 16.6. The molecule has 11 heavy (non-hydrogen) atoms. The summed E-state index contributed by atoms with van der Waals surface area (Å²) in [7, 11) is 0. The highest BCUT2D eigenvalue weighted by Gasteiger charge is 2.39. The second kappa shape index (κ2) is 2.32. The minimum absolute atomic E-state index is 0.0199. The Hall–Kier alpha value is -0.860. The molecule has 0 amide bonds. The van der Waals surface area contributed by atoms with Gasteiger partial charge in [-0.1, -0.05) is 6.42 Å². The van der Waals surface area contributed by atoms with E-state index in [1.54, 1.807) is 0 Å². The van der Waals surface area contributed by atoms with E-state index in [1.807, 2.05) is 0 Å². The number of carbonyl (C=O) groups is 2. The summed E-state index contributed by atoms with van der Waals surface area (Å²) < 4.78 is 4.58. The van der Waals surface area contributed by atoms with Crippen LogP contribution in [0.25, 0.3) is 0 Å². The summed E-state index contributed by atoms with van der Waals surface area (Å²) in [6, 6.07) is 0. The lowest BCUT2D eigenvalue weighted by molar-refractivity contribution is -0.174. The van der Waals surface area contributed by atoms with Crippen LogP contribution in [0.2, 0.25) is 0 Å². The summed E-state index contributed by atoms with van der Waals surface area (Å²) >= 11 is 0. The Morgan fingerprint density at radius 3 is 2.18 bits per heavy atom. The van der Waals surface area contributed by atoms with Gasteiger partial charge >= 0.3 is 11.9 Å². The highest BCUT2D eigenvalue weighted by molar-refractivity contribution is 5.91. The number of hydrogen-bond donors (Lipinski definition) is 0. The Kier molecular flexibility index (Phi) is 1.44. The molecule has 1 heterocycles. The zero-order valence-electron chi connectivity index (χ0n) is 6.21. The Balaban J connectivity index is 2.17. The van der Waals surface area contributed by atoms with Crippen molar-refractivity contribution >= 4 is 11.9 Å². The molecule has 2 fully saturated rings. The van der Waals surface area contributed by atoms with Gasteiger partial charge in [0.25, 0.3) is 0 Å². The van der Waals surface area contributed by atoms with Crippen molar-refractivity contribution in [3.05, 3.63) is 0 Å². The molecule has 2 atom stereocenters. The zero-order valence-corrected chi connectivity index (χ0v) is 6.21. The fourth-order valence-corrected chi connectivity index (χ4v) is 1.88. The molecule has 3 nitrogen and oxygen atoms in total. The number of esters is 2. The summed E-state index contributed by atoms with van der Waals surface area (Å²) in [4.78, 5) is 21.9. The molecule has 0 radical (unpaired) electrons. The average Bonchev–Trinajstić information content (AvgIpc) is 2.02. The van der Waals surface area contributed by atoms with Crippen LogP contribution in [0.15, 0.2) is 0 Å².